The topological polar surface area (TPSA) is 63.1 Å². The number of methoxy groups -OCH3 is 2. The van der Waals surface area contributed by atoms with Crippen molar-refractivity contribution in [3.05, 3.63) is 66.2 Å². The zero-order chi connectivity index (χ0) is 19.2. The van der Waals surface area contributed by atoms with Crippen LogP contribution in [0.15, 0.2) is 65.8 Å². The monoisotopic (exact) mass is 362 g/mol. The van der Waals surface area contributed by atoms with Crippen LogP contribution in [0.3, 0.4) is 0 Å². The number of nitrogens with zero attached hydrogens (tertiary/aromatic N) is 1. The van der Waals surface area contributed by atoms with Gasteiger partial charge >= 0.3 is 0 Å². The van der Waals surface area contributed by atoms with Crippen LogP contribution in [-0.2, 0) is 0 Å². The number of oxime groups is 1. The first-order valence-electron chi connectivity index (χ1n) is 8.53. The molecule has 0 spiro atoms. The zero-order valence-corrected chi connectivity index (χ0v) is 15.6. The fourth-order valence-corrected chi connectivity index (χ4v) is 3.17. The molecule has 3 rings (SSSR count). The highest BCUT2D eigenvalue weighted by molar-refractivity contribution is 6.00. The first-order valence-corrected chi connectivity index (χ1v) is 8.53. The number of anilines is 1. The summed E-state index contributed by atoms with van der Waals surface area (Å²) in [5.74, 6) is 1.56. The van der Waals surface area contributed by atoms with Gasteiger partial charge in [0.1, 0.15) is 11.5 Å². The van der Waals surface area contributed by atoms with E-state index in [0.717, 1.165) is 45.0 Å². The van der Waals surface area contributed by atoms with Gasteiger partial charge in [0.15, 0.2) is 0 Å². The molecule has 5 heteroatoms. The highest BCUT2D eigenvalue weighted by Gasteiger charge is 2.16. The largest absolute Gasteiger partial charge is 0.497 e. The Bertz CT molecular complexity index is 968. The molecule has 3 aromatic carbocycles. The molecule has 2 N–H and O–H groups in total. The molecule has 0 heterocycles. The third-order valence-electron chi connectivity index (χ3n) is 4.42. The number of ether oxygens (including phenoxy) is 2. The maximum absolute atomic E-state index is 9.04. The summed E-state index contributed by atoms with van der Waals surface area (Å²) in [5, 5.41) is 15.5. The van der Waals surface area contributed by atoms with Crippen molar-refractivity contribution in [2.24, 2.45) is 5.16 Å². The second-order valence-electron chi connectivity index (χ2n) is 5.91. The molecule has 0 aromatic heterocycles. The summed E-state index contributed by atoms with van der Waals surface area (Å²) >= 11 is 0. The highest BCUT2D eigenvalue weighted by atomic mass is 16.5. The molecular formula is C22H22N2O3. The Hall–Kier alpha value is -3.47. The number of rotatable bonds is 6. The number of nitrogens with one attached hydrogen (secondary N) is 1. The minimum absolute atomic E-state index is 0.771. The van der Waals surface area contributed by atoms with Crippen molar-refractivity contribution < 1.29 is 14.7 Å². The molecule has 0 saturated heterocycles. The normalized spacial score (nSPS) is 10.8. The lowest BCUT2D eigenvalue weighted by Crippen LogP contribution is -2.00. The quantitative estimate of drug-likeness (QED) is 0.372. The summed E-state index contributed by atoms with van der Waals surface area (Å²) in [6.07, 6.45) is 1.42. The first kappa shape index (κ1) is 18.3. The third-order valence-corrected chi connectivity index (χ3v) is 4.42. The molecule has 5 nitrogen and oxygen atoms in total. The molecule has 0 atom stereocenters. The summed E-state index contributed by atoms with van der Waals surface area (Å²) in [6, 6.07) is 19.7. The SMILES string of the molecule is CNc1c(/C=N/O)ccc(-c2cccc(OC)c2)c1-c1cccc(OC)c1. The summed E-state index contributed by atoms with van der Waals surface area (Å²) < 4.78 is 10.8. The van der Waals surface area contributed by atoms with Crippen LogP contribution in [0.25, 0.3) is 22.3 Å². The fraction of sp³-hybridized carbons (Fsp3) is 0.136. The average molecular weight is 362 g/mol. The van der Waals surface area contributed by atoms with Gasteiger partial charge in [-0.15, -0.1) is 0 Å². The van der Waals surface area contributed by atoms with E-state index in [9.17, 15) is 0 Å². The first-order chi connectivity index (χ1) is 13.2. The Labute approximate surface area is 158 Å². The summed E-state index contributed by atoms with van der Waals surface area (Å²) in [4.78, 5) is 0. The third kappa shape index (κ3) is 3.72. The van der Waals surface area contributed by atoms with E-state index in [1.165, 1.54) is 6.21 Å². The van der Waals surface area contributed by atoms with Gasteiger partial charge in [-0.25, -0.2) is 0 Å². The van der Waals surface area contributed by atoms with Crippen LogP contribution in [0.5, 0.6) is 11.5 Å². The van der Waals surface area contributed by atoms with E-state index < -0.39 is 0 Å². The lowest BCUT2D eigenvalue weighted by atomic mass is 9.90. The van der Waals surface area contributed by atoms with Crippen molar-refractivity contribution in [3.8, 4) is 33.8 Å². The van der Waals surface area contributed by atoms with E-state index in [1.54, 1.807) is 14.2 Å². The molecule has 0 bridgehead atoms. The van der Waals surface area contributed by atoms with Gasteiger partial charge in [-0.3, -0.25) is 0 Å². The Kier molecular flexibility index (Phi) is 5.61. The van der Waals surface area contributed by atoms with Crippen LogP contribution < -0.4 is 14.8 Å². The molecular weight excluding hydrogens is 340 g/mol. The summed E-state index contributed by atoms with van der Waals surface area (Å²) in [5.41, 5.74) is 5.68. The average Bonchev–Trinajstić information content (AvgIpc) is 2.73. The maximum Gasteiger partial charge on any atom is 0.119 e. The molecule has 0 aliphatic rings. The molecule has 3 aromatic rings. The number of benzene rings is 3. The second kappa shape index (κ2) is 8.27. The highest BCUT2D eigenvalue weighted by Crippen LogP contribution is 2.41. The Morgan fingerprint density at radius 1 is 0.889 bits per heavy atom. The Morgan fingerprint density at radius 3 is 2.11 bits per heavy atom. The smallest absolute Gasteiger partial charge is 0.119 e. The fourth-order valence-electron chi connectivity index (χ4n) is 3.17. The molecule has 138 valence electrons. The Morgan fingerprint density at radius 2 is 1.52 bits per heavy atom. The minimum Gasteiger partial charge on any atom is -0.497 e. The van der Waals surface area contributed by atoms with Gasteiger partial charge in [0.2, 0.25) is 0 Å². The van der Waals surface area contributed by atoms with Gasteiger partial charge in [0, 0.05) is 18.2 Å². The van der Waals surface area contributed by atoms with Gasteiger partial charge in [-0.05, 0) is 41.0 Å². The number of hydrogen-bond donors (Lipinski definition) is 2. The molecule has 0 radical (unpaired) electrons. The van der Waals surface area contributed by atoms with Crippen LogP contribution in [0.2, 0.25) is 0 Å². The number of hydrogen-bond acceptors (Lipinski definition) is 5. The molecule has 0 unspecified atom stereocenters. The predicted octanol–water partition coefficient (Wildman–Crippen LogP) is 4.89. The van der Waals surface area contributed by atoms with E-state index in [2.05, 4.69) is 10.5 Å². The van der Waals surface area contributed by atoms with Crippen molar-refractivity contribution in [3.63, 3.8) is 0 Å². The van der Waals surface area contributed by atoms with Gasteiger partial charge < -0.3 is 20.0 Å². The van der Waals surface area contributed by atoms with E-state index in [1.807, 2.05) is 67.7 Å². The van der Waals surface area contributed by atoms with Crippen molar-refractivity contribution >= 4 is 11.9 Å². The summed E-state index contributed by atoms with van der Waals surface area (Å²) in [7, 11) is 5.15. The van der Waals surface area contributed by atoms with E-state index in [-0.39, 0.29) is 0 Å². The van der Waals surface area contributed by atoms with Crippen LogP contribution in [-0.4, -0.2) is 32.7 Å². The zero-order valence-electron chi connectivity index (χ0n) is 15.6. The van der Waals surface area contributed by atoms with Gasteiger partial charge in [0.05, 0.1) is 26.1 Å². The second-order valence-corrected chi connectivity index (χ2v) is 5.91. The van der Waals surface area contributed by atoms with Crippen LogP contribution >= 0.6 is 0 Å². The van der Waals surface area contributed by atoms with Crippen molar-refractivity contribution in [1.82, 2.24) is 0 Å². The van der Waals surface area contributed by atoms with Gasteiger partial charge in [0.25, 0.3) is 0 Å². The van der Waals surface area contributed by atoms with Crippen LogP contribution in [0.1, 0.15) is 5.56 Å². The molecule has 0 amide bonds. The molecule has 0 aliphatic heterocycles. The molecule has 0 saturated carbocycles. The van der Waals surface area contributed by atoms with E-state index >= 15 is 0 Å². The maximum atomic E-state index is 9.04. The van der Waals surface area contributed by atoms with Crippen LogP contribution in [0, 0.1) is 0 Å². The molecule has 0 fully saturated rings. The molecule has 0 aliphatic carbocycles. The predicted molar refractivity (Wildman–Crippen MR) is 109 cm³/mol. The standard InChI is InChI=1S/C22H22N2O3/c1-23-22-17(14-24-25)10-11-20(15-6-4-8-18(12-15)26-2)21(22)16-7-5-9-19(13-16)27-3/h4-14,23,25H,1-3H3/b24-14+. The Balaban J connectivity index is 2.32. The van der Waals surface area contributed by atoms with Gasteiger partial charge in [-0.2, -0.15) is 0 Å². The van der Waals surface area contributed by atoms with Crippen LogP contribution in [0.4, 0.5) is 5.69 Å². The lowest BCUT2D eigenvalue weighted by Gasteiger charge is -2.18. The summed E-state index contributed by atoms with van der Waals surface area (Å²) in [6.45, 7) is 0. The lowest BCUT2D eigenvalue weighted by molar-refractivity contribution is 0.322. The van der Waals surface area contributed by atoms with E-state index in [4.69, 9.17) is 14.7 Å². The van der Waals surface area contributed by atoms with Crippen molar-refractivity contribution in [1.29, 1.82) is 0 Å². The van der Waals surface area contributed by atoms with Crippen molar-refractivity contribution in [2.75, 3.05) is 26.6 Å². The van der Waals surface area contributed by atoms with Crippen molar-refractivity contribution in [2.45, 2.75) is 0 Å². The van der Waals surface area contributed by atoms with Gasteiger partial charge in [-0.1, -0.05) is 41.6 Å². The van der Waals surface area contributed by atoms with E-state index in [0.29, 0.717) is 0 Å². The molecule has 27 heavy (non-hydrogen) atoms. The minimum atomic E-state index is 0.771.